The third-order valence-electron chi connectivity index (χ3n) is 8.10. The fourth-order valence-corrected chi connectivity index (χ4v) is 8.10. The van der Waals surface area contributed by atoms with Crippen molar-refractivity contribution in [3.8, 4) is 0 Å². The minimum Gasteiger partial charge on any atom is -0.384 e. The molecule has 37 heavy (non-hydrogen) atoms. The molecule has 3 aromatic carbocycles. The molecular formula is C30H35ClN2O3S. The zero-order valence-corrected chi connectivity index (χ0v) is 22.8. The highest BCUT2D eigenvalue weighted by Gasteiger charge is 2.45. The van der Waals surface area contributed by atoms with Crippen LogP contribution in [0, 0.1) is 6.92 Å². The van der Waals surface area contributed by atoms with Crippen molar-refractivity contribution in [1.29, 1.82) is 0 Å². The minimum absolute atomic E-state index is 0.0290. The summed E-state index contributed by atoms with van der Waals surface area (Å²) in [4.78, 5) is 2.64. The Morgan fingerprint density at radius 3 is 2.22 bits per heavy atom. The van der Waals surface area contributed by atoms with Gasteiger partial charge in [0.1, 0.15) is 5.60 Å². The normalized spacial score (nSPS) is 23.6. The van der Waals surface area contributed by atoms with Crippen LogP contribution in [0.4, 0.5) is 5.69 Å². The molecule has 1 saturated heterocycles. The molecule has 2 aliphatic rings. The first-order chi connectivity index (χ1) is 17.8. The Kier molecular flexibility index (Phi) is 7.64. The second-order valence-corrected chi connectivity index (χ2v) is 12.6. The van der Waals surface area contributed by atoms with Crippen LogP contribution >= 0.6 is 11.6 Å². The Morgan fingerprint density at radius 1 is 0.892 bits per heavy atom. The molecule has 0 bridgehead atoms. The summed E-state index contributed by atoms with van der Waals surface area (Å²) >= 11 is 6.04. The first kappa shape index (κ1) is 26.2. The number of piperidine rings is 1. The van der Waals surface area contributed by atoms with Crippen molar-refractivity contribution in [2.75, 3.05) is 17.4 Å². The van der Waals surface area contributed by atoms with E-state index in [9.17, 15) is 13.5 Å². The number of halogens is 1. The Labute approximate surface area is 225 Å². The number of anilines is 1. The van der Waals surface area contributed by atoms with Crippen LogP contribution in [0.5, 0.6) is 0 Å². The number of hydrogen-bond donors (Lipinski definition) is 1. The van der Waals surface area contributed by atoms with E-state index in [-0.39, 0.29) is 17.0 Å². The lowest BCUT2D eigenvalue weighted by Gasteiger charge is -2.49. The van der Waals surface area contributed by atoms with E-state index in [2.05, 4.69) is 24.0 Å². The van der Waals surface area contributed by atoms with E-state index in [1.807, 2.05) is 42.5 Å². The lowest BCUT2D eigenvalue weighted by atomic mass is 9.73. The number of benzene rings is 3. The fourth-order valence-electron chi connectivity index (χ4n) is 6.27. The van der Waals surface area contributed by atoms with Crippen molar-refractivity contribution >= 4 is 27.3 Å². The lowest BCUT2D eigenvalue weighted by Crippen LogP contribution is -2.57. The van der Waals surface area contributed by atoms with Crippen molar-refractivity contribution in [3.05, 3.63) is 95.0 Å². The second-order valence-electron chi connectivity index (χ2n) is 10.4. The third-order valence-corrected chi connectivity index (χ3v) is 10.2. The number of rotatable bonds is 6. The molecule has 1 aliphatic carbocycles. The van der Waals surface area contributed by atoms with Gasteiger partial charge in [-0.3, -0.25) is 9.21 Å². The first-order valence-corrected chi connectivity index (χ1v) is 15.0. The molecule has 3 aromatic rings. The molecule has 196 valence electrons. The Morgan fingerprint density at radius 2 is 1.54 bits per heavy atom. The van der Waals surface area contributed by atoms with Crippen LogP contribution in [0.1, 0.15) is 49.7 Å². The van der Waals surface area contributed by atoms with Gasteiger partial charge in [0.2, 0.25) is 0 Å². The van der Waals surface area contributed by atoms with E-state index in [1.165, 1.54) is 0 Å². The van der Waals surface area contributed by atoms with Crippen molar-refractivity contribution in [1.82, 2.24) is 4.90 Å². The maximum absolute atomic E-state index is 13.9. The summed E-state index contributed by atoms with van der Waals surface area (Å²) in [5, 5.41) is 12.5. The molecule has 1 heterocycles. The summed E-state index contributed by atoms with van der Waals surface area (Å²) in [6.07, 6.45) is 5.20. The molecule has 0 radical (unpaired) electrons. The lowest BCUT2D eigenvalue weighted by molar-refractivity contribution is -0.0852. The van der Waals surface area contributed by atoms with Crippen LogP contribution < -0.4 is 4.31 Å². The molecule has 0 amide bonds. The van der Waals surface area contributed by atoms with Gasteiger partial charge in [0, 0.05) is 30.2 Å². The predicted molar refractivity (Wildman–Crippen MR) is 149 cm³/mol. The molecule has 7 heteroatoms. The molecule has 2 unspecified atom stereocenters. The van der Waals surface area contributed by atoms with Crippen LogP contribution in [-0.4, -0.2) is 43.6 Å². The van der Waals surface area contributed by atoms with Crippen LogP contribution in [-0.2, 0) is 15.6 Å². The van der Waals surface area contributed by atoms with Crippen molar-refractivity contribution in [2.24, 2.45) is 0 Å². The first-order valence-electron chi connectivity index (χ1n) is 13.2. The number of hydrogen-bond acceptors (Lipinski definition) is 4. The summed E-state index contributed by atoms with van der Waals surface area (Å²) in [6.45, 7) is 3.55. The number of aryl methyl sites for hydroxylation is 1. The Hall–Kier alpha value is -2.38. The van der Waals surface area contributed by atoms with E-state index < -0.39 is 15.6 Å². The summed E-state index contributed by atoms with van der Waals surface area (Å²) in [7, 11) is -3.78. The monoisotopic (exact) mass is 538 g/mol. The van der Waals surface area contributed by atoms with Gasteiger partial charge in [0.15, 0.2) is 0 Å². The van der Waals surface area contributed by atoms with E-state index >= 15 is 0 Å². The van der Waals surface area contributed by atoms with Gasteiger partial charge in [0.25, 0.3) is 10.0 Å². The molecular weight excluding hydrogens is 504 g/mol. The highest BCUT2D eigenvalue weighted by Crippen LogP contribution is 2.42. The fraction of sp³-hybridized carbons (Fsp3) is 0.400. The number of sulfonamides is 1. The number of para-hydroxylation sites is 1. The second kappa shape index (κ2) is 10.8. The molecule has 2 fully saturated rings. The van der Waals surface area contributed by atoms with E-state index in [0.29, 0.717) is 23.6 Å². The average Bonchev–Trinajstić information content (AvgIpc) is 2.90. The van der Waals surface area contributed by atoms with Gasteiger partial charge in [-0.2, -0.15) is 0 Å². The predicted octanol–water partition coefficient (Wildman–Crippen LogP) is 6.14. The minimum atomic E-state index is -3.78. The summed E-state index contributed by atoms with van der Waals surface area (Å²) < 4.78 is 29.4. The van der Waals surface area contributed by atoms with Crippen LogP contribution in [0.15, 0.2) is 83.8 Å². The standard InChI is InChI=1S/C30H35ClN2O3S/c1-23-9-5-6-12-28(23)30(34)20-8-7-13-29(30)32-21-18-26(19-22-32)33(25-10-3-2-4-11-25)37(35,36)27-16-14-24(31)15-17-27/h2-6,9-12,14-17,26,29,34H,7-8,13,18-22H2,1H3. The van der Waals surface area contributed by atoms with Gasteiger partial charge < -0.3 is 5.11 Å². The van der Waals surface area contributed by atoms with Gasteiger partial charge in [-0.1, -0.05) is 66.9 Å². The highest BCUT2D eigenvalue weighted by atomic mass is 35.5. The molecule has 0 spiro atoms. The highest BCUT2D eigenvalue weighted by molar-refractivity contribution is 7.92. The molecule has 1 N–H and O–H groups in total. The van der Waals surface area contributed by atoms with E-state index in [4.69, 9.17) is 11.6 Å². The van der Waals surface area contributed by atoms with Crippen LogP contribution in [0.25, 0.3) is 0 Å². The Balaban J connectivity index is 1.41. The zero-order valence-electron chi connectivity index (χ0n) is 21.3. The maximum Gasteiger partial charge on any atom is 0.264 e. The molecule has 2 atom stereocenters. The van der Waals surface area contributed by atoms with Gasteiger partial charge in [-0.25, -0.2) is 8.42 Å². The smallest absolute Gasteiger partial charge is 0.264 e. The van der Waals surface area contributed by atoms with Crippen molar-refractivity contribution in [2.45, 2.75) is 68.0 Å². The molecule has 1 aliphatic heterocycles. The average molecular weight is 539 g/mol. The summed E-state index contributed by atoms with van der Waals surface area (Å²) in [5.74, 6) is 0. The number of likely N-dealkylation sites (tertiary alicyclic amines) is 1. The van der Waals surface area contributed by atoms with Gasteiger partial charge >= 0.3 is 0 Å². The topological polar surface area (TPSA) is 60.9 Å². The largest absolute Gasteiger partial charge is 0.384 e. The summed E-state index contributed by atoms with van der Waals surface area (Å²) in [6, 6.07) is 23.8. The van der Waals surface area contributed by atoms with Crippen molar-refractivity contribution < 1.29 is 13.5 Å². The molecule has 0 aromatic heterocycles. The molecule has 5 rings (SSSR count). The van der Waals surface area contributed by atoms with Crippen LogP contribution in [0.2, 0.25) is 5.02 Å². The quantitative estimate of drug-likeness (QED) is 0.409. The van der Waals surface area contributed by atoms with Crippen LogP contribution in [0.3, 0.4) is 0 Å². The number of nitrogens with zero attached hydrogens (tertiary/aromatic N) is 2. The maximum atomic E-state index is 13.9. The van der Waals surface area contributed by atoms with Gasteiger partial charge in [-0.15, -0.1) is 0 Å². The Bertz CT molecular complexity index is 1310. The van der Waals surface area contributed by atoms with E-state index in [0.717, 1.165) is 49.9 Å². The SMILES string of the molecule is Cc1ccccc1C1(O)CCCCC1N1CCC(N(c2ccccc2)S(=O)(=O)c2ccc(Cl)cc2)CC1. The van der Waals surface area contributed by atoms with Crippen molar-refractivity contribution in [3.63, 3.8) is 0 Å². The zero-order chi connectivity index (χ0) is 26.0. The molecule has 5 nitrogen and oxygen atoms in total. The molecule has 1 saturated carbocycles. The van der Waals surface area contributed by atoms with Gasteiger partial charge in [0.05, 0.1) is 10.6 Å². The third kappa shape index (κ3) is 5.17. The summed E-state index contributed by atoms with van der Waals surface area (Å²) in [5.41, 5.74) is 1.93. The van der Waals surface area contributed by atoms with Gasteiger partial charge in [-0.05, 0) is 80.1 Å². The number of aliphatic hydroxyl groups is 1. The van der Waals surface area contributed by atoms with E-state index in [1.54, 1.807) is 28.6 Å².